The number of halogens is 3. The van der Waals surface area contributed by atoms with Gasteiger partial charge < -0.3 is 14.3 Å². The van der Waals surface area contributed by atoms with E-state index in [4.69, 9.17) is 14.2 Å². The number of ether oxygens (including phenoxy) is 2. The fourth-order valence-electron chi connectivity index (χ4n) is 4.10. The van der Waals surface area contributed by atoms with Gasteiger partial charge in [0.1, 0.15) is 11.1 Å². The highest BCUT2D eigenvalue weighted by atomic mass is 32.2. The van der Waals surface area contributed by atoms with E-state index in [1.165, 1.54) is 24.1 Å². The highest BCUT2D eigenvalue weighted by Crippen LogP contribution is 2.33. The number of methoxy groups -OCH3 is 1. The van der Waals surface area contributed by atoms with Gasteiger partial charge in [0, 0.05) is 19.0 Å². The summed E-state index contributed by atoms with van der Waals surface area (Å²) >= 11 is 0. The Bertz CT molecular complexity index is 1720. The lowest BCUT2D eigenvalue weighted by Crippen LogP contribution is -2.61. The summed E-state index contributed by atoms with van der Waals surface area (Å²) in [6.07, 6.45) is -6.48. The number of sulfonamides is 1. The number of carbonyl (C=O) groups is 2. The van der Waals surface area contributed by atoms with Gasteiger partial charge >= 0.3 is 12.3 Å². The van der Waals surface area contributed by atoms with Crippen molar-refractivity contribution in [2.45, 2.75) is 43.7 Å². The standard InChI is InChI=1S/C25H25F3N6O8S/c1-15-4-6-17(7-5-15)21-14-22(25(26,27)28)29-32(21)18-8-10-19(11-9-18)43(37,38)30-23(35)20-12-13-31(20)33-34(42-33)41-16(2)40-24(36)39-3/h4-11,14,16,20H,12-13H2,1-3H3,(H,30,35)/t16?,20-,33?,34?/m0/s1. The number of alkyl halides is 3. The van der Waals surface area contributed by atoms with Crippen LogP contribution in [0.1, 0.15) is 24.6 Å². The van der Waals surface area contributed by atoms with Crippen molar-refractivity contribution in [1.29, 1.82) is 0 Å². The summed E-state index contributed by atoms with van der Waals surface area (Å²) in [6, 6.07) is 11.7. The number of hydrogen-bond acceptors (Lipinski definition) is 10. The fourth-order valence-corrected chi connectivity index (χ4v) is 5.11. The summed E-state index contributed by atoms with van der Waals surface area (Å²) in [7, 11) is -3.23. The molecule has 1 saturated heterocycles. The molecule has 3 heterocycles. The molecule has 5 rings (SSSR count). The van der Waals surface area contributed by atoms with Crippen LogP contribution >= 0.6 is 0 Å². The average molecular weight is 627 g/mol. The molecule has 2 aromatic carbocycles. The van der Waals surface area contributed by atoms with Crippen molar-refractivity contribution in [2.75, 3.05) is 18.7 Å². The Morgan fingerprint density at radius 2 is 1.79 bits per heavy atom. The molecular weight excluding hydrogens is 601 g/mol. The predicted molar refractivity (Wildman–Crippen MR) is 140 cm³/mol. The number of benzene rings is 2. The van der Waals surface area contributed by atoms with E-state index in [1.54, 1.807) is 24.3 Å². The van der Waals surface area contributed by atoms with Crippen LogP contribution < -0.4 is 14.6 Å². The smallest absolute Gasteiger partial charge is 0.438 e. The molecule has 0 bridgehead atoms. The van der Waals surface area contributed by atoms with Gasteiger partial charge in [0.15, 0.2) is 5.69 Å². The maximum absolute atomic E-state index is 13.5. The summed E-state index contributed by atoms with van der Waals surface area (Å²) in [5, 5.41) is 5.90. The Morgan fingerprint density at radius 1 is 1.12 bits per heavy atom. The lowest BCUT2D eigenvalue weighted by Gasteiger charge is -2.35. The monoisotopic (exact) mass is 626 g/mol. The largest absolute Gasteiger partial charge is 0.511 e. The van der Waals surface area contributed by atoms with Crippen molar-refractivity contribution < 1.29 is 50.1 Å². The van der Waals surface area contributed by atoms with Crippen LogP contribution in [0.25, 0.3) is 16.9 Å². The Balaban J connectivity index is 1.28. The van der Waals surface area contributed by atoms with Gasteiger partial charge in [0.2, 0.25) is 0 Å². The Morgan fingerprint density at radius 3 is 2.37 bits per heavy atom. The van der Waals surface area contributed by atoms with Crippen LogP contribution in [0.2, 0.25) is 0 Å². The molecule has 43 heavy (non-hydrogen) atoms. The molecule has 0 radical (unpaired) electrons. The van der Waals surface area contributed by atoms with E-state index in [-0.39, 0.29) is 16.3 Å². The zero-order valence-corrected chi connectivity index (χ0v) is 23.6. The van der Waals surface area contributed by atoms with E-state index in [9.17, 15) is 31.2 Å². The number of rotatable bonds is 9. The van der Waals surface area contributed by atoms with Gasteiger partial charge in [-0.15, -0.1) is 0 Å². The highest BCUT2D eigenvalue weighted by molar-refractivity contribution is 7.90. The second kappa shape index (κ2) is 11.1. The molecule has 230 valence electrons. The summed E-state index contributed by atoms with van der Waals surface area (Å²) in [5.74, 6) is -0.854. The molecule has 0 aliphatic carbocycles. The van der Waals surface area contributed by atoms with E-state index in [0.29, 0.717) is 18.5 Å². The van der Waals surface area contributed by atoms with E-state index in [0.717, 1.165) is 45.5 Å². The van der Waals surface area contributed by atoms with Gasteiger partial charge in [0.05, 0.1) is 28.4 Å². The Labute approximate surface area is 242 Å². The minimum atomic E-state index is -4.70. The molecule has 18 heteroatoms. The number of aromatic nitrogens is 4. The highest BCUT2D eigenvalue weighted by Gasteiger charge is 2.42. The summed E-state index contributed by atoms with van der Waals surface area (Å²) in [4.78, 5) is 29.9. The second-order valence-corrected chi connectivity index (χ2v) is 11.1. The van der Waals surface area contributed by atoms with Crippen LogP contribution in [0.4, 0.5) is 18.0 Å². The minimum Gasteiger partial charge on any atom is -0.438 e. The van der Waals surface area contributed by atoms with E-state index >= 15 is 0 Å². The number of nitrogens with one attached hydrogen (secondary N) is 1. The number of carbonyl (C=O) groups excluding carboxylic acids is 2. The molecule has 0 saturated carbocycles. The van der Waals surface area contributed by atoms with Gasteiger partial charge in [-0.1, -0.05) is 29.8 Å². The molecule has 1 unspecified atom stereocenters. The molecule has 1 fully saturated rings. The van der Waals surface area contributed by atoms with Gasteiger partial charge in [-0.3, -0.25) is 4.79 Å². The van der Waals surface area contributed by atoms with Crippen molar-refractivity contribution in [3.05, 3.63) is 65.9 Å². The van der Waals surface area contributed by atoms with E-state index in [1.807, 2.05) is 11.6 Å². The van der Waals surface area contributed by atoms with Crippen LogP contribution in [0.15, 0.2) is 64.1 Å². The lowest BCUT2D eigenvalue weighted by atomic mass is 10.1. The third-order valence-corrected chi connectivity index (χ3v) is 7.78. The Kier molecular flexibility index (Phi) is 7.63. The number of amides is 1. The zero-order valence-electron chi connectivity index (χ0n) is 22.8. The maximum Gasteiger partial charge on any atom is 0.511 e. The first-order chi connectivity index (χ1) is 20.3. The molecule has 2 aromatic heterocycles. The SMILES string of the molecule is COC(=O)OC(C)On1on1N1CC[C@H]1C(=O)NS(=O)(=O)c1ccc(-n2nc(C(F)(F)F)cc2-c2ccc(C)cc2)cc1. The normalized spacial score (nSPS) is 16.0. The minimum absolute atomic E-state index is 0.155. The zero-order chi connectivity index (χ0) is 31.1. The van der Waals surface area contributed by atoms with Gasteiger partial charge in [-0.05, 0) is 43.7 Å². The summed E-state index contributed by atoms with van der Waals surface area (Å²) < 4.78 is 83.6. The van der Waals surface area contributed by atoms with Gasteiger partial charge in [0.25, 0.3) is 22.2 Å². The third kappa shape index (κ3) is 6.32. The molecule has 1 amide bonds. The predicted octanol–water partition coefficient (Wildman–Crippen LogP) is 2.84. The quantitative estimate of drug-likeness (QED) is 0.217. The first-order valence-corrected chi connectivity index (χ1v) is 14.1. The number of aryl methyl sites for hydroxylation is 1. The van der Waals surface area contributed by atoms with E-state index in [2.05, 4.69) is 9.84 Å². The molecule has 2 atom stereocenters. The number of hydrogen-bond donors (Lipinski definition) is 1. The lowest BCUT2D eigenvalue weighted by molar-refractivity contribution is -0.141. The maximum atomic E-state index is 13.5. The second-order valence-electron chi connectivity index (χ2n) is 9.44. The van der Waals surface area contributed by atoms with Crippen molar-refractivity contribution in [1.82, 2.24) is 24.5 Å². The van der Waals surface area contributed by atoms with Gasteiger partial charge in [-0.25, -0.2) is 27.6 Å². The topological polar surface area (TPSA) is 152 Å². The fraction of sp³-hybridized carbons (Fsp3) is 0.320. The average Bonchev–Trinajstić information content (AvgIpc) is 3.47. The molecule has 1 aliphatic rings. The van der Waals surface area contributed by atoms with Crippen LogP contribution in [0, 0.1) is 6.92 Å². The van der Waals surface area contributed by atoms with Crippen molar-refractivity contribution in [2.24, 2.45) is 0 Å². The molecular formula is C25H25F3N6O8S. The van der Waals surface area contributed by atoms with Crippen molar-refractivity contribution in [3.8, 4) is 16.9 Å². The Hall–Kier alpha value is -4.87. The van der Waals surface area contributed by atoms with Crippen LogP contribution in [-0.2, 0) is 30.5 Å². The van der Waals surface area contributed by atoms with E-state index < -0.39 is 46.3 Å². The van der Waals surface area contributed by atoms with Crippen molar-refractivity contribution >= 4 is 22.1 Å². The van der Waals surface area contributed by atoms with Crippen LogP contribution in [0.3, 0.4) is 0 Å². The summed E-state index contributed by atoms with van der Waals surface area (Å²) in [5.41, 5.74) is 0.614. The first kappa shape index (κ1) is 29.6. The van der Waals surface area contributed by atoms with Crippen molar-refractivity contribution in [3.63, 3.8) is 0 Å². The molecule has 14 nitrogen and oxygen atoms in total. The molecule has 1 aliphatic heterocycles. The molecule has 0 spiro atoms. The summed E-state index contributed by atoms with van der Waals surface area (Å²) in [6.45, 7) is 3.56. The molecule has 1 N–H and O–H groups in total. The van der Waals surface area contributed by atoms with Gasteiger partial charge in [-0.2, -0.15) is 22.9 Å². The molecule has 4 aromatic rings. The number of nitrogens with zero attached hydrogens (tertiary/aromatic N) is 5. The third-order valence-electron chi connectivity index (χ3n) is 6.41. The van der Waals surface area contributed by atoms with Crippen LogP contribution in [0.5, 0.6) is 0 Å². The van der Waals surface area contributed by atoms with Crippen LogP contribution in [-0.4, -0.2) is 66.2 Å². The first-order valence-electron chi connectivity index (χ1n) is 12.6.